The SMILES string of the molecule is CCNc1ncc(C(=O)NC2(C(=O)NCc3ccc(Nc4ccc(F)cc4C(F)(F)F)cn3)CC2)cn1. The minimum atomic E-state index is -4.74. The number of halogens is 4. The molecule has 0 radical (unpaired) electrons. The van der Waals surface area contributed by atoms with Crippen LogP contribution in [0.4, 0.5) is 34.9 Å². The van der Waals surface area contributed by atoms with Gasteiger partial charge in [-0.3, -0.25) is 14.6 Å². The molecule has 1 aromatic carbocycles. The fourth-order valence-electron chi connectivity index (χ4n) is 3.48. The third-order valence-corrected chi connectivity index (χ3v) is 5.61. The number of hydrogen-bond acceptors (Lipinski definition) is 7. The highest BCUT2D eigenvalue weighted by molar-refractivity contribution is 6.00. The van der Waals surface area contributed by atoms with Crippen LogP contribution in [0.25, 0.3) is 0 Å². The van der Waals surface area contributed by atoms with Crippen LogP contribution >= 0.6 is 0 Å². The molecule has 2 heterocycles. The van der Waals surface area contributed by atoms with Gasteiger partial charge in [0.05, 0.1) is 40.9 Å². The van der Waals surface area contributed by atoms with Crippen LogP contribution in [0.3, 0.4) is 0 Å². The molecule has 0 atom stereocenters. The molecule has 1 fully saturated rings. The minimum absolute atomic E-state index is 0.0432. The summed E-state index contributed by atoms with van der Waals surface area (Å²) < 4.78 is 52.9. The van der Waals surface area contributed by atoms with Crippen molar-refractivity contribution >= 4 is 29.1 Å². The number of hydrogen-bond donors (Lipinski definition) is 4. The van der Waals surface area contributed by atoms with Crippen molar-refractivity contribution in [3.05, 3.63) is 71.6 Å². The Hall–Kier alpha value is -4.29. The Morgan fingerprint density at radius 1 is 1.03 bits per heavy atom. The van der Waals surface area contributed by atoms with Crippen molar-refractivity contribution in [2.24, 2.45) is 0 Å². The van der Waals surface area contributed by atoms with Gasteiger partial charge in [0.2, 0.25) is 11.9 Å². The molecule has 194 valence electrons. The molecular formula is C24H23F4N7O2. The quantitative estimate of drug-likeness (QED) is 0.319. The predicted octanol–water partition coefficient (Wildman–Crippen LogP) is 3.78. The summed E-state index contributed by atoms with van der Waals surface area (Å²) in [5, 5.41) is 11.0. The first-order valence-electron chi connectivity index (χ1n) is 11.3. The summed E-state index contributed by atoms with van der Waals surface area (Å²) in [5.74, 6) is -1.45. The molecule has 4 N–H and O–H groups in total. The number of carbonyl (C=O) groups excluding carboxylic acids is 2. The van der Waals surface area contributed by atoms with E-state index in [0.717, 1.165) is 12.1 Å². The molecule has 0 spiro atoms. The molecule has 0 unspecified atom stereocenters. The fraction of sp³-hybridized carbons (Fsp3) is 0.292. The van der Waals surface area contributed by atoms with Crippen LogP contribution in [0, 0.1) is 5.82 Å². The Labute approximate surface area is 209 Å². The number of carbonyl (C=O) groups is 2. The Morgan fingerprint density at radius 3 is 2.35 bits per heavy atom. The number of benzene rings is 1. The lowest BCUT2D eigenvalue weighted by molar-refractivity contribution is -0.137. The van der Waals surface area contributed by atoms with Crippen molar-refractivity contribution in [3.8, 4) is 0 Å². The molecule has 1 aliphatic rings. The Bertz CT molecular complexity index is 1280. The summed E-state index contributed by atoms with van der Waals surface area (Å²) in [6.45, 7) is 2.57. The molecular weight excluding hydrogens is 494 g/mol. The molecule has 0 aliphatic heterocycles. The number of nitrogens with one attached hydrogen (secondary N) is 4. The van der Waals surface area contributed by atoms with Crippen LogP contribution < -0.4 is 21.3 Å². The third kappa shape index (κ3) is 6.29. The number of nitrogens with zero attached hydrogens (tertiary/aromatic N) is 3. The van der Waals surface area contributed by atoms with E-state index in [1.807, 2.05) is 6.92 Å². The highest BCUT2D eigenvalue weighted by Gasteiger charge is 2.51. The second-order valence-corrected chi connectivity index (χ2v) is 8.40. The van der Waals surface area contributed by atoms with Crippen molar-refractivity contribution < 1.29 is 27.2 Å². The molecule has 0 bridgehead atoms. The fourth-order valence-corrected chi connectivity index (χ4v) is 3.48. The van der Waals surface area contributed by atoms with Gasteiger partial charge in [0.25, 0.3) is 5.91 Å². The zero-order valence-electron chi connectivity index (χ0n) is 19.6. The summed E-state index contributed by atoms with van der Waals surface area (Å²) >= 11 is 0. The zero-order valence-corrected chi connectivity index (χ0v) is 19.6. The van der Waals surface area contributed by atoms with Crippen LogP contribution in [-0.2, 0) is 17.5 Å². The van der Waals surface area contributed by atoms with Gasteiger partial charge in [0.15, 0.2) is 0 Å². The average molecular weight is 517 g/mol. The van der Waals surface area contributed by atoms with Crippen LogP contribution in [-0.4, -0.2) is 38.8 Å². The van der Waals surface area contributed by atoms with Gasteiger partial charge in [0, 0.05) is 18.9 Å². The van der Waals surface area contributed by atoms with E-state index in [0.29, 0.717) is 37.1 Å². The van der Waals surface area contributed by atoms with E-state index in [1.54, 1.807) is 0 Å². The van der Waals surface area contributed by atoms with Crippen molar-refractivity contribution in [1.82, 2.24) is 25.6 Å². The number of anilines is 3. The molecule has 9 nitrogen and oxygen atoms in total. The van der Waals surface area contributed by atoms with E-state index in [4.69, 9.17) is 0 Å². The number of pyridine rings is 1. The highest BCUT2D eigenvalue weighted by atomic mass is 19.4. The molecule has 2 amide bonds. The van der Waals surface area contributed by atoms with Gasteiger partial charge < -0.3 is 21.3 Å². The first-order chi connectivity index (χ1) is 17.6. The van der Waals surface area contributed by atoms with Crippen molar-refractivity contribution in [1.29, 1.82) is 0 Å². The largest absolute Gasteiger partial charge is 0.418 e. The van der Waals surface area contributed by atoms with Crippen LogP contribution in [0.1, 0.15) is 41.4 Å². The lowest BCUT2D eigenvalue weighted by Crippen LogP contribution is -2.48. The van der Waals surface area contributed by atoms with E-state index >= 15 is 0 Å². The lowest BCUT2D eigenvalue weighted by atomic mass is 10.1. The average Bonchev–Trinajstić information content (AvgIpc) is 3.65. The first kappa shape index (κ1) is 25.8. The minimum Gasteiger partial charge on any atom is -0.355 e. The number of rotatable bonds is 9. The van der Waals surface area contributed by atoms with Crippen molar-refractivity contribution in [3.63, 3.8) is 0 Å². The summed E-state index contributed by atoms with van der Waals surface area (Å²) in [4.78, 5) is 37.5. The second-order valence-electron chi connectivity index (χ2n) is 8.40. The van der Waals surface area contributed by atoms with Crippen LogP contribution in [0.15, 0.2) is 48.9 Å². The maximum absolute atomic E-state index is 13.3. The number of alkyl halides is 3. The monoisotopic (exact) mass is 517 g/mol. The smallest absolute Gasteiger partial charge is 0.355 e. The normalized spacial score (nSPS) is 14.0. The van der Waals surface area contributed by atoms with Gasteiger partial charge in [-0.2, -0.15) is 13.2 Å². The van der Waals surface area contributed by atoms with Gasteiger partial charge in [-0.15, -0.1) is 0 Å². The lowest BCUT2D eigenvalue weighted by Gasteiger charge is -2.17. The Morgan fingerprint density at radius 2 is 1.76 bits per heavy atom. The molecule has 1 aliphatic carbocycles. The van der Waals surface area contributed by atoms with E-state index in [-0.39, 0.29) is 29.4 Å². The van der Waals surface area contributed by atoms with E-state index in [9.17, 15) is 27.2 Å². The van der Waals surface area contributed by atoms with E-state index < -0.39 is 29.0 Å². The van der Waals surface area contributed by atoms with E-state index in [1.165, 1.54) is 30.7 Å². The van der Waals surface area contributed by atoms with E-state index in [2.05, 4.69) is 36.2 Å². The standard InChI is InChI=1S/C24H23F4N7O2/c1-2-29-22-32-10-14(11-33-22)20(36)35-23(7-8-23)21(37)31-12-16-4-5-17(13-30-16)34-19-6-3-15(25)9-18(19)24(26,27)28/h3-6,9-11,13,34H,2,7-8,12H2,1H3,(H,31,37)(H,35,36)(H,29,32,33). The molecule has 1 saturated carbocycles. The van der Waals surface area contributed by atoms with Crippen LogP contribution in [0.2, 0.25) is 0 Å². The predicted molar refractivity (Wildman–Crippen MR) is 126 cm³/mol. The van der Waals surface area contributed by atoms with Crippen molar-refractivity contribution in [2.75, 3.05) is 17.2 Å². The highest BCUT2D eigenvalue weighted by Crippen LogP contribution is 2.37. The second kappa shape index (κ2) is 10.4. The molecule has 13 heteroatoms. The summed E-state index contributed by atoms with van der Waals surface area (Å²) in [6, 6.07) is 5.35. The molecule has 3 aromatic rings. The third-order valence-electron chi connectivity index (χ3n) is 5.61. The maximum Gasteiger partial charge on any atom is 0.418 e. The number of aromatic nitrogens is 3. The maximum atomic E-state index is 13.3. The van der Waals surface area contributed by atoms with Gasteiger partial charge in [-0.25, -0.2) is 14.4 Å². The first-order valence-corrected chi connectivity index (χ1v) is 11.3. The topological polar surface area (TPSA) is 121 Å². The number of amides is 2. The molecule has 0 saturated heterocycles. The van der Waals surface area contributed by atoms with Crippen LogP contribution in [0.5, 0.6) is 0 Å². The van der Waals surface area contributed by atoms with Gasteiger partial charge in [-0.05, 0) is 50.1 Å². The summed E-state index contributed by atoms with van der Waals surface area (Å²) in [6.07, 6.45) is 0.247. The summed E-state index contributed by atoms with van der Waals surface area (Å²) in [5.41, 5.74) is -1.56. The Kier molecular flexibility index (Phi) is 7.23. The van der Waals surface area contributed by atoms with Gasteiger partial charge >= 0.3 is 6.18 Å². The van der Waals surface area contributed by atoms with Gasteiger partial charge in [0.1, 0.15) is 11.4 Å². The molecule has 4 rings (SSSR count). The molecule has 37 heavy (non-hydrogen) atoms. The summed E-state index contributed by atoms with van der Waals surface area (Å²) in [7, 11) is 0. The Balaban J connectivity index is 1.33. The van der Waals surface area contributed by atoms with Crippen molar-refractivity contribution in [2.45, 2.75) is 38.0 Å². The zero-order chi connectivity index (χ0) is 26.6. The molecule has 2 aromatic heterocycles. The van der Waals surface area contributed by atoms with Gasteiger partial charge in [-0.1, -0.05) is 0 Å².